The number of carbonyl (C=O) groups is 1. The van der Waals surface area contributed by atoms with Gasteiger partial charge in [0, 0.05) is 0 Å². The van der Waals surface area contributed by atoms with Crippen LogP contribution in [0.25, 0.3) is 0 Å². The quantitative estimate of drug-likeness (QED) is 0.718. The molecule has 0 aliphatic carbocycles. The largest absolute Gasteiger partial charge is 0.494 e. The molecule has 2 N–H and O–H groups in total. The number of rotatable bonds is 8. The summed E-state index contributed by atoms with van der Waals surface area (Å²) in [5.41, 5.74) is 2.37. The fourth-order valence-electron chi connectivity index (χ4n) is 2.14. The highest BCUT2D eigenvalue weighted by molar-refractivity contribution is 5.73. The Balaban J connectivity index is 2.29. The molecule has 1 aromatic rings. The summed E-state index contributed by atoms with van der Waals surface area (Å²) < 4.78 is 5.68. The molecule has 0 aromatic heterocycles. The first-order valence-corrected chi connectivity index (χ1v) is 7.07. The van der Waals surface area contributed by atoms with E-state index in [0.717, 1.165) is 12.2 Å². The van der Waals surface area contributed by atoms with Crippen LogP contribution in [-0.2, 0) is 4.79 Å². The minimum atomic E-state index is -0.796. The smallest absolute Gasteiger partial charge is 0.320 e. The van der Waals surface area contributed by atoms with E-state index >= 15 is 0 Å². The lowest BCUT2D eigenvalue weighted by Crippen LogP contribution is -2.41. The number of aryl methyl sites for hydroxylation is 2. The predicted molar refractivity (Wildman–Crippen MR) is 80.3 cm³/mol. The molecule has 0 bridgehead atoms. The van der Waals surface area contributed by atoms with Crippen LogP contribution in [0, 0.1) is 19.8 Å². The summed E-state index contributed by atoms with van der Waals surface area (Å²) in [4.78, 5) is 11.0. The van der Waals surface area contributed by atoms with Gasteiger partial charge in [0.05, 0.1) is 6.61 Å². The van der Waals surface area contributed by atoms with Gasteiger partial charge in [0.2, 0.25) is 0 Å². The molecule has 0 aliphatic heterocycles. The molecule has 1 unspecified atom stereocenters. The molecule has 0 fully saturated rings. The van der Waals surface area contributed by atoms with Crippen LogP contribution in [-0.4, -0.2) is 30.3 Å². The van der Waals surface area contributed by atoms with Gasteiger partial charge in [0.1, 0.15) is 11.8 Å². The molecule has 4 nitrogen and oxygen atoms in total. The van der Waals surface area contributed by atoms with Crippen molar-refractivity contribution in [3.63, 3.8) is 0 Å². The molecule has 0 saturated heterocycles. The maximum Gasteiger partial charge on any atom is 0.320 e. The first-order valence-electron chi connectivity index (χ1n) is 7.07. The minimum absolute atomic E-state index is 0.0767. The van der Waals surface area contributed by atoms with Gasteiger partial charge in [-0.15, -0.1) is 0 Å². The second-order valence-corrected chi connectivity index (χ2v) is 5.54. The summed E-state index contributed by atoms with van der Waals surface area (Å²) in [6.07, 6.45) is 0.781. The number of hydrogen-bond acceptors (Lipinski definition) is 3. The van der Waals surface area contributed by atoms with Gasteiger partial charge in [-0.05, 0) is 56.0 Å². The molecular formula is C16H25NO3. The highest BCUT2D eigenvalue weighted by Gasteiger charge is 2.19. The Hall–Kier alpha value is -1.55. The Bertz CT molecular complexity index is 423. The highest BCUT2D eigenvalue weighted by Crippen LogP contribution is 2.16. The Morgan fingerprint density at radius 3 is 2.35 bits per heavy atom. The molecule has 1 aromatic carbocycles. The average Bonchev–Trinajstić information content (AvgIpc) is 2.31. The molecule has 20 heavy (non-hydrogen) atoms. The van der Waals surface area contributed by atoms with E-state index in [1.807, 2.05) is 39.8 Å². The van der Waals surface area contributed by atoms with Gasteiger partial charge in [0.25, 0.3) is 0 Å². The number of benzene rings is 1. The predicted octanol–water partition coefficient (Wildman–Crippen LogP) is 2.77. The number of ether oxygens (including phenoxy) is 1. The molecule has 4 heteroatoms. The lowest BCUT2D eigenvalue weighted by Gasteiger charge is -2.17. The number of hydrogen-bond donors (Lipinski definition) is 2. The summed E-state index contributed by atoms with van der Waals surface area (Å²) in [5.74, 6) is 0.157. The molecular weight excluding hydrogens is 254 g/mol. The number of nitrogens with one attached hydrogen (secondary N) is 1. The number of carboxylic acids is 1. The Morgan fingerprint density at radius 2 is 1.85 bits per heavy atom. The molecule has 0 saturated carbocycles. The zero-order valence-corrected chi connectivity index (χ0v) is 12.8. The summed E-state index contributed by atoms with van der Waals surface area (Å²) >= 11 is 0. The van der Waals surface area contributed by atoms with Gasteiger partial charge in [-0.25, -0.2) is 0 Å². The molecule has 0 spiro atoms. The van der Waals surface area contributed by atoms with Crippen molar-refractivity contribution in [2.45, 2.75) is 40.2 Å². The van der Waals surface area contributed by atoms with Crippen molar-refractivity contribution < 1.29 is 14.6 Å². The summed E-state index contributed by atoms with van der Waals surface area (Å²) in [6.45, 7) is 9.11. The van der Waals surface area contributed by atoms with Gasteiger partial charge >= 0.3 is 5.97 Å². The van der Waals surface area contributed by atoms with Crippen LogP contribution in [0.15, 0.2) is 18.2 Å². The zero-order chi connectivity index (χ0) is 15.1. The van der Waals surface area contributed by atoms with Gasteiger partial charge in [-0.3, -0.25) is 4.79 Å². The monoisotopic (exact) mass is 279 g/mol. The Kier molecular flexibility index (Phi) is 6.52. The molecule has 0 radical (unpaired) electrons. The molecule has 0 amide bonds. The minimum Gasteiger partial charge on any atom is -0.494 e. The standard InChI is InChI=1S/C16H25NO3/c1-11(2)15(16(18)19)17-6-5-7-20-14-9-12(3)8-13(4)10-14/h8-11,15,17H,5-7H2,1-4H3,(H,18,19). The van der Waals surface area contributed by atoms with Gasteiger partial charge in [-0.1, -0.05) is 19.9 Å². The van der Waals surface area contributed by atoms with Crippen molar-refractivity contribution in [1.29, 1.82) is 0 Å². The lowest BCUT2D eigenvalue weighted by molar-refractivity contribution is -0.140. The van der Waals surface area contributed by atoms with E-state index in [4.69, 9.17) is 9.84 Å². The van der Waals surface area contributed by atoms with Crippen LogP contribution >= 0.6 is 0 Å². The van der Waals surface area contributed by atoms with Crippen LogP contribution in [0.5, 0.6) is 5.75 Å². The van der Waals surface area contributed by atoms with Crippen LogP contribution in [0.1, 0.15) is 31.4 Å². The van der Waals surface area contributed by atoms with Crippen LogP contribution in [0.4, 0.5) is 0 Å². The number of carboxylic acid groups (broad SMARTS) is 1. The van der Waals surface area contributed by atoms with Crippen LogP contribution in [0.3, 0.4) is 0 Å². The summed E-state index contributed by atoms with van der Waals surface area (Å²) in [7, 11) is 0. The third-order valence-corrected chi connectivity index (χ3v) is 3.08. The fourth-order valence-corrected chi connectivity index (χ4v) is 2.14. The summed E-state index contributed by atoms with van der Waals surface area (Å²) in [5, 5.41) is 12.1. The van der Waals surface area contributed by atoms with Crippen molar-refractivity contribution >= 4 is 5.97 Å². The Morgan fingerprint density at radius 1 is 1.25 bits per heavy atom. The first kappa shape index (κ1) is 16.5. The highest BCUT2D eigenvalue weighted by atomic mass is 16.5. The third-order valence-electron chi connectivity index (χ3n) is 3.08. The zero-order valence-electron chi connectivity index (χ0n) is 12.8. The van der Waals surface area contributed by atoms with E-state index in [1.165, 1.54) is 11.1 Å². The first-order chi connectivity index (χ1) is 9.40. The van der Waals surface area contributed by atoms with Crippen molar-refractivity contribution in [2.24, 2.45) is 5.92 Å². The fraction of sp³-hybridized carbons (Fsp3) is 0.562. The van der Waals surface area contributed by atoms with Crippen molar-refractivity contribution in [2.75, 3.05) is 13.2 Å². The Labute approximate surface area is 121 Å². The second kappa shape index (κ2) is 7.90. The maximum absolute atomic E-state index is 11.0. The maximum atomic E-state index is 11.0. The van der Waals surface area contributed by atoms with E-state index in [-0.39, 0.29) is 5.92 Å². The van der Waals surface area contributed by atoms with Crippen molar-refractivity contribution in [1.82, 2.24) is 5.32 Å². The van der Waals surface area contributed by atoms with E-state index in [0.29, 0.717) is 13.2 Å². The topological polar surface area (TPSA) is 58.6 Å². The molecule has 1 atom stereocenters. The van der Waals surface area contributed by atoms with Crippen LogP contribution < -0.4 is 10.1 Å². The average molecular weight is 279 g/mol. The molecule has 1 rings (SSSR count). The lowest BCUT2D eigenvalue weighted by atomic mass is 10.0. The second-order valence-electron chi connectivity index (χ2n) is 5.54. The number of aliphatic carboxylic acids is 1. The third kappa shape index (κ3) is 5.61. The van der Waals surface area contributed by atoms with Crippen molar-refractivity contribution in [3.05, 3.63) is 29.3 Å². The van der Waals surface area contributed by atoms with E-state index < -0.39 is 12.0 Å². The summed E-state index contributed by atoms with van der Waals surface area (Å²) in [6, 6.07) is 5.63. The SMILES string of the molecule is Cc1cc(C)cc(OCCCNC(C(=O)O)C(C)C)c1. The normalized spacial score (nSPS) is 12.4. The molecule has 0 aliphatic rings. The van der Waals surface area contributed by atoms with Crippen LogP contribution in [0.2, 0.25) is 0 Å². The van der Waals surface area contributed by atoms with E-state index in [2.05, 4.69) is 11.4 Å². The van der Waals surface area contributed by atoms with Gasteiger partial charge < -0.3 is 15.2 Å². The van der Waals surface area contributed by atoms with Gasteiger partial charge in [-0.2, -0.15) is 0 Å². The molecule has 112 valence electrons. The van der Waals surface area contributed by atoms with E-state index in [9.17, 15) is 4.79 Å². The van der Waals surface area contributed by atoms with Crippen molar-refractivity contribution in [3.8, 4) is 5.75 Å². The van der Waals surface area contributed by atoms with E-state index in [1.54, 1.807) is 0 Å². The molecule has 0 heterocycles. The van der Waals surface area contributed by atoms with Gasteiger partial charge in [0.15, 0.2) is 0 Å².